The smallest absolute Gasteiger partial charge is 0.416 e. The number of rotatable bonds is 12. The predicted molar refractivity (Wildman–Crippen MR) is 142 cm³/mol. The molecule has 2 aromatic rings. The summed E-state index contributed by atoms with van der Waals surface area (Å²) in [5, 5.41) is 23.2. The van der Waals surface area contributed by atoms with E-state index < -0.39 is 29.9 Å². The fraction of sp³-hybridized carbons (Fsp3) is 0.500. The Morgan fingerprint density at radius 3 is 2.34 bits per heavy atom. The lowest BCUT2D eigenvalue weighted by Crippen LogP contribution is -2.45. The molecule has 208 valence electrons. The summed E-state index contributed by atoms with van der Waals surface area (Å²) in [4.78, 5) is 11.3. The molecule has 2 atom stereocenters. The number of carboxylic acids is 1. The third kappa shape index (κ3) is 8.16. The van der Waals surface area contributed by atoms with Crippen molar-refractivity contribution in [2.24, 2.45) is 5.92 Å². The first-order valence-electron chi connectivity index (χ1n) is 13.1. The first kappa shape index (κ1) is 29.9. The number of ether oxygens (including phenoxy) is 1. The van der Waals surface area contributed by atoms with Gasteiger partial charge in [0.2, 0.25) is 0 Å². The van der Waals surface area contributed by atoms with Gasteiger partial charge in [0.15, 0.2) is 0 Å². The molecule has 0 saturated heterocycles. The molecule has 38 heavy (non-hydrogen) atoms. The van der Waals surface area contributed by atoms with Gasteiger partial charge in [-0.15, -0.1) is 0 Å². The number of aliphatic carboxylic acids is 1. The Labute approximate surface area is 222 Å². The Kier molecular flexibility index (Phi) is 9.79. The fourth-order valence-electron chi connectivity index (χ4n) is 5.27. The summed E-state index contributed by atoms with van der Waals surface area (Å²) < 4.78 is 45.9. The first-order chi connectivity index (χ1) is 17.8. The first-order valence-corrected chi connectivity index (χ1v) is 13.1. The summed E-state index contributed by atoms with van der Waals surface area (Å²) in [6.07, 6.45) is -1.82. The third-order valence-corrected chi connectivity index (χ3v) is 7.13. The Hall–Kier alpha value is -2.68. The van der Waals surface area contributed by atoms with Crippen molar-refractivity contribution in [2.45, 2.75) is 77.3 Å². The number of carbonyl (C=O) groups is 1. The molecule has 3 N–H and O–H groups in total. The van der Waals surface area contributed by atoms with E-state index in [1.54, 1.807) is 13.8 Å². The van der Waals surface area contributed by atoms with Crippen molar-refractivity contribution in [1.29, 1.82) is 0 Å². The molecule has 0 radical (unpaired) electrons. The van der Waals surface area contributed by atoms with Crippen LogP contribution in [0.15, 0.2) is 48.5 Å². The number of fused-ring (bicyclic) bond motifs is 1. The molecule has 0 aliphatic heterocycles. The van der Waals surface area contributed by atoms with Crippen LogP contribution in [-0.4, -0.2) is 41.0 Å². The fourth-order valence-corrected chi connectivity index (χ4v) is 5.27. The average Bonchev–Trinajstić information content (AvgIpc) is 3.25. The second-order valence-corrected chi connectivity index (χ2v) is 10.8. The van der Waals surface area contributed by atoms with Crippen LogP contribution >= 0.6 is 0 Å². The van der Waals surface area contributed by atoms with E-state index in [9.17, 15) is 28.2 Å². The molecular formula is C30H38F3NO4. The molecule has 0 aromatic heterocycles. The van der Waals surface area contributed by atoms with Gasteiger partial charge in [0.05, 0.1) is 24.4 Å². The summed E-state index contributed by atoms with van der Waals surface area (Å²) >= 11 is 0. The Balaban J connectivity index is 1.59. The molecular weight excluding hydrogens is 495 g/mol. The standard InChI is InChI=1S/C30H38F3NO4/c1-5-21(14-28(36)37)27-15-24(30(31,32)33)10-11-26(27)19(2)38-18-25(35)17-34-29(3,4)16-20-12-22-8-6-7-9-23(22)13-20/h6-11,14-15,19-20,25,34-35H,5,12-13,16-18H2,1-4H3,(H,36,37)/b21-14+/t19-,25+/m1/s1. The van der Waals surface area contributed by atoms with Crippen LogP contribution in [0.5, 0.6) is 0 Å². The van der Waals surface area contributed by atoms with Crippen LogP contribution in [-0.2, 0) is 28.5 Å². The van der Waals surface area contributed by atoms with Gasteiger partial charge in [0, 0.05) is 18.2 Å². The number of carboxylic acid groups (broad SMARTS) is 1. The number of halogens is 3. The summed E-state index contributed by atoms with van der Waals surface area (Å²) in [5.74, 6) is -0.697. The second-order valence-electron chi connectivity index (χ2n) is 10.8. The van der Waals surface area contributed by atoms with Gasteiger partial charge in [-0.25, -0.2) is 4.79 Å². The monoisotopic (exact) mass is 533 g/mol. The van der Waals surface area contributed by atoms with E-state index in [1.165, 1.54) is 17.2 Å². The lowest BCUT2D eigenvalue weighted by atomic mass is 9.88. The summed E-state index contributed by atoms with van der Waals surface area (Å²) in [6.45, 7) is 7.87. The minimum absolute atomic E-state index is 0.0241. The zero-order chi connectivity index (χ0) is 28.1. The van der Waals surface area contributed by atoms with E-state index in [2.05, 4.69) is 43.4 Å². The predicted octanol–water partition coefficient (Wildman–Crippen LogP) is 6.20. The molecule has 5 nitrogen and oxygen atoms in total. The van der Waals surface area contributed by atoms with Crippen LogP contribution in [0.1, 0.15) is 74.5 Å². The summed E-state index contributed by atoms with van der Waals surface area (Å²) in [7, 11) is 0. The Bertz CT molecular complexity index is 1120. The normalized spacial score (nSPS) is 16.4. The number of aliphatic hydroxyl groups excluding tert-OH is 1. The highest BCUT2D eigenvalue weighted by Crippen LogP contribution is 2.36. The molecule has 0 spiro atoms. The number of β-amino-alcohol motifs (C(OH)–C–C–N with tert-alkyl or cyclic N) is 1. The summed E-state index contributed by atoms with van der Waals surface area (Å²) in [5.41, 5.74) is 2.65. The van der Waals surface area contributed by atoms with E-state index in [0.717, 1.165) is 37.5 Å². The highest BCUT2D eigenvalue weighted by atomic mass is 19.4. The molecule has 0 saturated carbocycles. The zero-order valence-electron chi connectivity index (χ0n) is 22.4. The lowest BCUT2D eigenvalue weighted by Gasteiger charge is -2.31. The van der Waals surface area contributed by atoms with Crippen molar-refractivity contribution in [1.82, 2.24) is 5.32 Å². The van der Waals surface area contributed by atoms with Gasteiger partial charge in [0.25, 0.3) is 0 Å². The highest BCUT2D eigenvalue weighted by molar-refractivity contribution is 5.90. The van der Waals surface area contributed by atoms with Crippen LogP contribution in [0.2, 0.25) is 0 Å². The van der Waals surface area contributed by atoms with Gasteiger partial charge in [-0.2, -0.15) is 13.2 Å². The quantitative estimate of drug-likeness (QED) is 0.283. The van der Waals surface area contributed by atoms with Gasteiger partial charge in [0.1, 0.15) is 0 Å². The molecule has 0 fully saturated rings. The van der Waals surface area contributed by atoms with Gasteiger partial charge in [-0.1, -0.05) is 37.3 Å². The minimum Gasteiger partial charge on any atom is -0.478 e. The van der Waals surface area contributed by atoms with E-state index >= 15 is 0 Å². The molecule has 0 heterocycles. The second kappa shape index (κ2) is 12.5. The molecule has 8 heteroatoms. The van der Waals surface area contributed by atoms with Gasteiger partial charge in [-0.05, 0) is 92.3 Å². The molecule has 0 bridgehead atoms. The van der Waals surface area contributed by atoms with E-state index in [-0.39, 0.29) is 29.7 Å². The highest BCUT2D eigenvalue weighted by Gasteiger charge is 2.32. The SMILES string of the molecule is CC/C(=C\C(=O)O)c1cc(C(F)(F)F)ccc1[C@@H](C)OC[C@@H](O)CNC(C)(C)CC1Cc2ccccc2C1. The van der Waals surface area contributed by atoms with Crippen LogP contribution in [0.3, 0.4) is 0 Å². The summed E-state index contributed by atoms with van der Waals surface area (Å²) in [6, 6.07) is 11.8. The number of allylic oxidation sites excluding steroid dienone is 1. The molecule has 3 rings (SSSR count). The van der Waals surface area contributed by atoms with Crippen molar-refractivity contribution in [3.63, 3.8) is 0 Å². The Morgan fingerprint density at radius 2 is 1.79 bits per heavy atom. The van der Waals surface area contributed by atoms with Crippen LogP contribution in [0.4, 0.5) is 13.2 Å². The third-order valence-electron chi connectivity index (χ3n) is 7.13. The molecule has 1 aliphatic rings. The van der Waals surface area contributed by atoms with Crippen molar-refractivity contribution < 1.29 is 32.9 Å². The number of aliphatic hydroxyl groups is 1. The van der Waals surface area contributed by atoms with Crippen molar-refractivity contribution >= 4 is 11.5 Å². The minimum atomic E-state index is -4.56. The van der Waals surface area contributed by atoms with E-state index in [1.807, 2.05) is 0 Å². The molecule has 0 unspecified atom stereocenters. The van der Waals surface area contributed by atoms with Gasteiger partial charge >= 0.3 is 12.1 Å². The number of benzene rings is 2. The number of alkyl halides is 3. The number of hydrogen-bond donors (Lipinski definition) is 3. The lowest BCUT2D eigenvalue weighted by molar-refractivity contribution is -0.137. The molecule has 2 aromatic carbocycles. The largest absolute Gasteiger partial charge is 0.478 e. The van der Waals surface area contributed by atoms with Crippen molar-refractivity contribution in [3.8, 4) is 0 Å². The van der Waals surface area contributed by atoms with E-state index in [4.69, 9.17) is 4.74 Å². The van der Waals surface area contributed by atoms with E-state index in [0.29, 0.717) is 18.0 Å². The maximum atomic E-state index is 13.4. The van der Waals surface area contributed by atoms with Gasteiger partial charge in [-0.3, -0.25) is 0 Å². The maximum Gasteiger partial charge on any atom is 0.416 e. The van der Waals surface area contributed by atoms with Crippen LogP contribution < -0.4 is 5.32 Å². The average molecular weight is 534 g/mol. The zero-order valence-corrected chi connectivity index (χ0v) is 22.4. The van der Waals surface area contributed by atoms with Crippen LogP contribution in [0.25, 0.3) is 5.57 Å². The Morgan fingerprint density at radius 1 is 1.16 bits per heavy atom. The number of nitrogens with one attached hydrogen (secondary N) is 1. The maximum absolute atomic E-state index is 13.4. The molecule has 0 amide bonds. The van der Waals surface area contributed by atoms with Crippen molar-refractivity contribution in [3.05, 3.63) is 76.4 Å². The van der Waals surface area contributed by atoms with Crippen molar-refractivity contribution in [2.75, 3.05) is 13.2 Å². The van der Waals surface area contributed by atoms with Gasteiger partial charge < -0.3 is 20.3 Å². The topological polar surface area (TPSA) is 78.8 Å². The molecule has 1 aliphatic carbocycles. The van der Waals surface area contributed by atoms with Crippen LogP contribution in [0, 0.1) is 5.92 Å². The number of hydrogen-bond acceptors (Lipinski definition) is 4.